The smallest absolute Gasteiger partial charge is 0.338 e. The SMILES string of the molecule is C=C1[C@@H](O)[C@@H]2O[C@]3(CC[C@H](C=C[C@@H](C)[C@@H]4CC(C)=C[C@@]5(O[C@H](C[C@@](C)(O)C(=O)OC/C(C)=C/C=C/CC(=O)O)CC[C@H]5O)O4)O3)CC[C@H]2O[C@@H]1[C@@H](O)C[C@H](C)[C@H]1O[C@@]2(CCCCO2)CC[C@H]1C. The molecule has 15 nitrogen and oxygen atoms in total. The number of allylic oxidation sites excluding steroid dienone is 2. The molecule has 15 heteroatoms. The molecule has 7 aliphatic heterocycles. The fourth-order valence-electron chi connectivity index (χ4n) is 11.3. The van der Waals surface area contributed by atoms with Crippen molar-refractivity contribution in [2.75, 3.05) is 13.2 Å². The fourth-order valence-corrected chi connectivity index (χ4v) is 11.3. The van der Waals surface area contributed by atoms with Crippen molar-refractivity contribution in [2.24, 2.45) is 17.8 Å². The minimum atomic E-state index is -1.88. The highest BCUT2D eigenvalue weighted by molar-refractivity contribution is 5.79. The van der Waals surface area contributed by atoms with Crippen LogP contribution in [0.1, 0.15) is 138 Å². The zero-order chi connectivity index (χ0) is 48.3. The lowest BCUT2D eigenvalue weighted by Gasteiger charge is -2.50. The van der Waals surface area contributed by atoms with Crippen LogP contribution in [0.15, 0.2) is 59.8 Å². The molecule has 376 valence electrons. The number of carboxylic acids is 1. The lowest BCUT2D eigenvalue weighted by molar-refractivity contribution is -0.321. The molecule has 67 heavy (non-hydrogen) atoms. The Kier molecular flexibility index (Phi) is 16.8. The Balaban J connectivity index is 0.894. The summed E-state index contributed by atoms with van der Waals surface area (Å²) in [6.07, 6.45) is 13.7. The quantitative estimate of drug-likeness (QED) is 0.0662. The van der Waals surface area contributed by atoms with Crippen molar-refractivity contribution >= 4 is 11.9 Å². The van der Waals surface area contributed by atoms with Crippen LogP contribution in [0.2, 0.25) is 0 Å². The van der Waals surface area contributed by atoms with E-state index in [1.165, 1.54) is 13.0 Å². The van der Waals surface area contributed by atoms with Crippen LogP contribution in [0, 0.1) is 17.8 Å². The summed E-state index contributed by atoms with van der Waals surface area (Å²) in [5, 5.41) is 54.5. The van der Waals surface area contributed by atoms with Crippen molar-refractivity contribution in [2.45, 2.75) is 222 Å². The maximum absolute atomic E-state index is 13.0. The van der Waals surface area contributed by atoms with Crippen LogP contribution in [0.4, 0.5) is 0 Å². The highest BCUT2D eigenvalue weighted by Crippen LogP contribution is 2.47. The molecule has 6 saturated heterocycles. The summed E-state index contributed by atoms with van der Waals surface area (Å²) >= 11 is 0. The molecule has 17 atom stereocenters. The summed E-state index contributed by atoms with van der Waals surface area (Å²) in [6, 6.07) is 0. The summed E-state index contributed by atoms with van der Waals surface area (Å²) in [6.45, 7) is 16.3. The second-order valence-corrected chi connectivity index (χ2v) is 21.2. The minimum absolute atomic E-state index is 0.0392. The molecular formula is C52H78O15. The van der Waals surface area contributed by atoms with Crippen molar-refractivity contribution in [3.63, 3.8) is 0 Å². The molecule has 0 saturated carbocycles. The number of fused-ring (bicyclic) bond motifs is 1. The van der Waals surface area contributed by atoms with E-state index in [1.807, 2.05) is 26.0 Å². The maximum atomic E-state index is 13.0. The lowest BCUT2D eigenvalue weighted by atomic mass is 9.79. The topological polar surface area (TPSA) is 209 Å². The Morgan fingerprint density at radius 3 is 2.51 bits per heavy atom. The van der Waals surface area contributed by atoms with Crippen LogP contribution in [0.3, 0.4) is 0 Å². The standard InChI is InChI=1S/C52H78O15/c1-31(12-8-9-13-43(55)56)30-60-48(58)49(7,59)29-38-16-17-42(54)52(64-38)28-32(2)26-41(65-52)33(3)14-15-37-19-23-51(63-37)24-20-40-47(67-51)44(57)36(6)46(62-40)39(53)27-35(5)45-34(4)18-22-50(66-45)21-10-11-25-61-50/h8-9,12,14-15,28,33-35,37-42,44-47,53-54,57,59H,6,10-11,13,16-27,29-30H2,1-5,7H3,(H,55,56)/b9-8+,15-14?,31-12+/t33-,34-,35+,37+,38+,39+,40-,41+,42-,44-,45+,46+,47-,49-,50+,51-,52-/m1/s1. The van der Waals surface area contributed by atoms with Crippen LogP contribution < -0.4 is 0 Å². The third-order valence-corrected chi connectivity index (χ3v) is 15.2. The first kappa shape index (κ1) is 52.0. The number of aliphatic carboxylic acids is 1. The van der Waals surface area contributed by atoms with E-state index in [9.17, 15) is 30.0 Å². The minimum Gasteiger partial charge on any atom is -0.481 e. The van der Waals surface area contributed by atoms with Gasteiger partial charge in [-0.25, -0.2) is 4.79 Å². The van der Waals surface area contributed by atoms with Gasteiger partial charge in [-0.2, -0.15) is 0 Å². The molecule has 0 bridgehead atoms. The molecule has 0 aromatic heterocycles. The number of rotatable bonds is 15. The average molecular weight is 943 g/mol. The number of aliphatic hydroxyl groups excluding tert-OH is 3. The molecule has 6 fully saturated rings. The normalized spacial score (nSPS) is 40.7. The van der Waals surface area contributed by atoms with Crippen LogP contribution in [-0.4, -0.2) is 135 Å². The molecule has 7 aliphatic rings. The van der Waals surface area contributed by atoms with Crippen molar-refractivity contribution in [1.29, 1.82) is 0 Å². The van der Waals surface area contributed by atoms with E-state index in [-0.39, 0.29) is 49.6 Å². The number of hydrogen-bond acceptors (Lipinski definition) is 14. The van der Waals surface area contributed by atoms with Crippen LogP contribution in [-0.2, 0) is 47.5 Å². The molecule has 0 radical (unpaired) electrons. The Labute approximate surface area is 396 Å². The highest BCUT2D eigenvalue weighted by atomic mass is 16.7. The van der Waals surface area contributed by atoms with E-state index in [0.29, 0.717) is 68.4 Å². The average Bonchev–Trinajstić information content (AvgIpc) is 3.68. The van der Waals surface area contributed by atoms with Crippen LogP contribution in [0.5, 0.6) is 0 Å². The molecule has 7 heterocycles. The Hall–Kier alpha value is -2.80. The van der Waals surface area contributed by atoms with E-state index >= 15 is 0 Å². The first-order valence-electron chi connectivity index (χ1n) is 24.9. The zero-order valence-electron chi connectivity index (χ0n) is 40.5. The van der Waals surface area contributed by atoms with Gasteiger partial charge in [0, 0.05) is 38.0 Å². The fraction of sp³-hybridized carbons (Fsp3) is 0.769. The summed E-state index contributed by atoms with van der Waals surface area (Å²) in [7, 11) is 0. The summed E-state index contributed by atoms with van der Waals surface area (Å²) in [5.41, 5.74) is 0.185. The highest BCUT2D eigenvalue weighted by Gasteiger charge is 2.55. The van der Waals surface area contributed by atoms with Gasteiger partial charge in [0.1, 0.15) is 31.0 Å². The number of carbonyl (C=O) groups is 2. The van der Waals surface area contributed by atoms with E-state index < -0.39 is 77.6 Å². The molecule has 0 unspecified atom stereocenters. The van der Waals surface area contributed by atoms with Crippen molar-refractivity contribution in [1.82, 2.24) is 0 Å². The number of aliphatic hydroxyl groups is 4. The maximum Gasteiger partial charge on any atom is 0.338 e. The molecule has 5 N–H and O–H groups in total. The number of ether oxygens (including phenoxy) is 8. The third-order valence-electron chi connectivity index (χ3n) is 15.2. The van der Waals surface area contributed by atoms with Crippen molar-refractivity contribution in [3.8, 4) is 0 Å². The molecule has 0 amide bonds. The van der Waals surface area contributed by atoms with Gasteiger partial charge in [-0.15, -0.1) is 0 Å². The number of carbonyl (C=O) groups excluding carboxylic acids is 1. The zero-order valence-corrected chi connectivity index (χ0v) is 40.5. The van der Waals surface area contributed by atoms with Gasteiger partial charge in [0.25, 0.3) is 0 Å². The number of esters is 1. The monoisotopic (exact) mass is 943 g/mol. The van der Waals surface area contributed by atoms with Gasteiger partial charge in [0.15, 0.2) is 17.2 Å². The largest absolute Gasteiger partial charge is 0.481 e. The molecule has 0 aliphatic carbocycles. The second kappa shape index (κ2) is 21.7. The van der Waals surface area contributed by atoms with Crippen molar-refractivity contribution in [3.05, 3.63) is 59.8 Å². The van der Waals surface area contributed by atoms with Gasteiger partial charge in [-0.1, -0.05) is 63.3 Å². The Morgan fingerprint density at radius 1 is 1.00 bits per heavy atom. The molecule has 0 aromatic carbocycles. The lowest BCUT2D eigenvalue weighted by Crippen LogP contribution is -2.60. The second-order valence-electron chi connectivity index (χ2n) is 21.2. The van der Waals surface area contributed by atoms with Gasteiger partial charge in [0.05, 0.1) is 49.7 Å². The predicted octanol–water partition coefficient (Wildman–Crippen LogP) is 6.65. The first-order valence-corrected chi connectivity index (χ1v) is 24.9. The van der Waals surface area contributed by atoms with Crippen LogP contribution >= 0.6 is 0 Å². The van der Waals surface area contributed by atoms with E-state index in [2.05, 4.69) is 26.5 Å². The summed E-state index contributed by atoms with van der Waals surface area (Å²) < 4.78 is 51.1. The van der Waals surface area contributed by atoms with Gasteiger partial charge < -0.3 is 63.4 Å². The first-order chi connectivity index (χ1) is 31.7. The van der Waals surface area contributed by atoms with E-state index in [1.54, 1.807) is 19.1 Å². The summed E-state index contributed by atoms with van der Waals surface area (Å²) in [4.78, 5) is 23.7. The van der Waals surface area contributed by atoms with E-state index in [0.717, 1.165) is 44.3 Å². The van der Waals surface area contributed by atoms with E-state index in [4.69, 9.17) is 43.0 Å². The van der Waals surface area contributed by atoms with Crippen molar-refractivity contribution < 1.29 is 73.0 Å². The molecule has 3 spiro atoms. The number of hydrogen-bond donors (Lipinski definition) is 5. The Morgan fingerprint density at radius 2 is 1.76 bits per heavy atom. The molecular weight excluding hydrogens is 865 g/mol. The number of carboxylic acid groups (broad SMARTS) is 1. The van der Waals surface area contributed by atoms with Gasteiger partial charge in [-0.3, -0.25) is 4.79 Å². The predicted molar refractivity (Wildman–Crippen MR) is 246 cm³/mol. The van der Waals surface area contributed by atoms with Gasteiger partial charge in [-0.05, 0) is 108 Å². The summed E-state index contributed by atoms with van der Waals surface area (Å²) in [5.74, 6) is -4.37. The van der Waals surface area contributed by atoms with Crippen LogP contribution in [0.25, 0.3) is 0 Å². The third kappa shape index (κ3) is 12.4. The molecule has 7 rings (SSSR count). The molecule has 0 aromatic rings. The Bertz CT molecular complexity index is 1870. The van der Waals surface area contributed by atoms with Gasteiger partial charge in [0.2, 0.25) is 5.79 Å². The van der Waals surface area contributed by atoms with Gasteiger partial charge >= 0.3 is 11.9 Å².